The molecule has 0 radical (unpaired) electrons. The summed E-state index contributed by atoms with van der Waals surface area (Å²) in [4.78, 5) is 14.2. The highest BCUT2D eigenvalue weighted by molar-refractivity contribution is 9.10. The number of halogens is 1. The molecule has 0 fully saturated rings. The van der Waals surface area contributed by atoms with Gasteiger partial charge in [-0.15, -0.1) is 0 Å². The lowest BCUT2D eigenvalue weighted by Crippen LogP contribution is -2.29. The molecule has 2 aromatic rings. The van der Waals surface area contributed by atoms with Crippen LogP contribution in [0.4, 0.5) is 0 Å². The Bertz CT molecular complexity index is 819. The number of sulfonamides is 1. The fourth-order valence-corrected chi connectivity index (χ4v) is 3.08. The van der Waals surface area contributed by atoms with Crippen LogP contribution in [0.3, 0.4) is 0 Å². The quantitative estimate of drug-likeness (QED) is 0.862. The number of carbonyl (C=O) groups excluding carboxylic acids is 1. The highest BCUT2D eigenvalue weighted by Gasteiger charge is 2.19. The topological polar surface area (TPSA) is 80.5 Å². The van der Waals surface area contributed by atoms with Crippen molar-refractivity contribution in [2.24, 2.45) is 5.14 Å². The number of nitrogens with zero attached hydrogens (tertiary/aromatic N) is 1. The number of hydrogen-bond donors (Lipinski definition) is 1. The van der Waals surface area contributed by atoms with Gasteiger partial charge >= 0.3 is 0 Å². The first-order valence-electron chi connectivity index (χ1n) is 6.85. The molecule has 23 heavy (non-hydrogen) atoms. The second-order valence-electron chi connectivity index (χ2n) is 5.22. The maximum atomic E-state index is 12.5. The highest BCUT2D eigenvalue weighted by Crippen LogP contribution is 2.23. The largest absolute Gasteiger partial charge is 0.335 e. The van der Waals surface area contributed by atoms with Crippen molar-refractivity contribution in [3.8, 4) is 0 Å². The van der Waals surface area contributed by atoms with Crippen molar-refractivity contribution in [2.75, 3.05) is 7.05 Å². The molecule has 0 spiro atoms. The van der Waals surface area contributed by atoms with E-state index in [0.717, 1.165) is 10.0 Å². The molecule has 0 saturated carbocycles. The van der Waals surface area contributed by atoms with Crippen molar-refractivity contribution in [3.63, 3.8) is 0 Å². The van der Waals surface area contributed by atoms with Gasteiger partial charge in [-0.3, -0.25) is 4.79 Å². The lowest BCUT2D eigenvalue weighted by atomic mass is 10.1. The minimum absolute atomic E-state index is 0.0504. The predicted molar refractivity (Wildman–Crippen MR) is 92.5 cm³/mol. The van der Waals surface area contributed by atoms with E-state index in [0.29, 0.717) is 5.56 Å². The standard InChI is InChI=1S/C16H17BrN2O3S/c1-11(12-6-8-15(9-7-12)23(18,21)22)19(2)16(20)13-4-3-5-14(17)10-13/h3-11H,1-2H3,(H2,18,21,22)/t11-/m0/s1. The fraction of sp³-hybridized carbons (Fsp3) is 0.188. The number of hydrogen-bond acceptors (Lipinski definition) is 3. The SMILES string of the molecule is C[C@@H](c1ccc(S(N)(=O)=O)cc1)N(C)C(=O)c1cccc(Br)c1. The number of rotatable bonds is 4. The molecule has 122 valence electrons. The minimum atomic E-state index is -3.72. The summed E-state index contributed by atoms with van der Waals surface area (Å²) in [5.41, 5.74) is 1.40. The van der Waals surface area contributed by atoms with Gasteiger partial charge in [0.1, 0.15) is 0 Å². The minimum Gasteiger partial charge on any atom is -0.335 e. The number of carbonyl (C=O) groups is 1. The van der Waals surface area contributed by atoms with Crippen LogP contribution in [0, 0.1) is 0 Å². The molecule has 0 bridgehead atoms. The lowest BCUT2D eigenvalue weighted by molar-refractivity contribution is 0.0742. The van der Waals surface area contributed by atoms with Crippen LogP contribution < -0.4 is 5.14 Å². The first kappa shape index (κ1) is 17.7. The Kier molecular flexibility index (Phi) is 5.23. The van der Waals surface area contributed by atoms with Crippen LogP contribution in [0.25, 0.3) is 0 Å². The molecule has 0 aromatic heterocycles. The average Bonchev–Trinajstić information content (AvgIpc) is 2.52. The molecule has 1 atom stereocenters. The summed E-state index contributed by atoms with van der Waals surface area (Å²) in [6.07, 6.45) is 0. The van der Waals surface area contributed by atoms with Crippen molar-refractivity contribution in [2.45, 2.75) is 17.9 Å². The number of amides is 1. The van der Waals surface area contributed by atoms with Crippen LogP contribution in [0.1, 0.15) is 28.9 Å². The molecule has 0 aliphatic carbocycles. The van der Waals surface area contributed by atoms with E-state index in [2.05, 4.69) is 15.9 Å². The summed E-state index contributed by atoms with van der Waals surface area (Å²) in [5.74, 6) is -0.116. The van der Waals surface area contributed by atoms with Gasteiger partial charge < -0.3 is 4.90 Å². The maximum Gasteiger partial charge on any atom is 0.254 e. The van der Waals surface area contributed by atoms with Gasteiger partial charge in [-0.2, -0.15) is 0 Å². The van der Waals surface area contributed by atoms with Crippen molar-refractivity contribution in [1.82, 2.24) is 4.90 Å². The van der Waals surface area contributed by atoms with Crippen molar-refractivity contribution < 1.29 is 13.2 Å². The van der Waals surface area contributed by atoms with E-state index in [9.17, 15) is 13.2 Å². The van der Waals surface area contributed by atoms with E-state index in [4.69, 9.17) is 5.14 Å². The van der Waals surface area contributed by atoms with Crippen molar-refractivity contribution >= 4 is 31.9 Å². The normalized spacial score (nSPS) is 12.7. The van der Waals surface area contributed by atoms with Gasteiger partial charge in [-0.05, 0) is 42.8 Å². The number of primary sulfonamides is 1. The Hall–Kier alpha value is -1.70. The first-order valence-corrected chi connectivity index (χ1v) is 9.19. The average molecular weight is 397 g/mol. The summed E-state index contributed by atoms with van der Waals surface area (Å²) in [5, 5.41) is 5.08. The fourth-order valence-electron chi connectivity index (χ4n) is 2.16. The maximum absolute atomic E-state index is 12.5. The zero-order chi connectivity index (χ0) is 17.2. The van der Waals surface area contributed by atoms with E-state index in [1.165, 1.54) is 12.1 Å². The third kappa shape index (κ3) is 4.19. The molecule has 1 amide bonds. The summed E-state index contributed by atoms with van der Waals surface area (Å²) in [6, 6.07) is 13.2. The monoisotopic (exact) mass is 396 g/mol. The van der Waals surface area contributed by atoms with Crippen LogP contribution in [0.5, 0.6) is 0 Å². The highest BCUT2D eigenvalue weighted by atomic mass is 79.9. The first-order chi connectivity index (χ1) is 10.7. The summed E-state index contributed by atoms with van der Waals surface area (Å²) in [6.45, 7) is 1.88. The van der Waals surface area contributed by atoms with Crippen molar-refractivity contribution in [1.29, 1.82) is 0 Å². The van der Waals surface area contributed by atoms with Gasteiger partial charge in [0, 0.05) is 17.1 Å². The zero-order valence-corrected chi connectivity index (χ0v) is 15.1. The lowest BCUT2D eigenvalue weighted by Gasteiger charge is -2.25. The molecular weight excluding hydrogens is 380 g/mol. The molecule has 2 aromatic carbocycles. The second kappa shape index (κ2) is 6.82. The van der Waals surface area contributed by atoms with Crippen LogP contribution in [0.15, 0.2) is 57.9 Å². The molecule has 0 aliphatic heterocycles. The Morgan fingerprint density at radius 1 is 1.17 bits per heavy atom. The van der Waals surface area contributed by atoms with Crippen LogP contribution in [-0.2, 0) is 10.0 Å². The zero-order valence-electron chi connectivity index (χ0n) is 12.7. The molecule has 7 heteroatoms. The molecule has 5 nitrogen and oxygen atoms in total. The third-order valence-corrected chi connectivity index (χ3v) is 5.09. The molecule has 0 saturated heterocycles. The van der Waals surface area contributed by atoms with Gasteiger partial charge in [-0.1, -0.05) is 34.1 Å². The summed E-state index contributed by atoms with van der Waals surface area (Å²) >= 11 is 3.35. The van der Waals surface area contributed by atoms with Crippen LogP contribution in [-0.4, -0.2) is 26.3 Å². The summed E-state index contributed by atoms with van der Waals surface area (Å²) < 4.78 is 23.4. The van der Waals surface area contributed by atoms with E-state index < -0.39 is 10.0 Å². The Labute approximate surface area is 144 Å². The van der Waals surface area contributed by atoms with Crippen LogP contribution >= 0.6 is 15.9 Å². The van der Waals surface area contributed by atoms with Gasteiger partial charge in [0.2, 0.25) is 10.0 Å². The van der Waals surface area contributed by atoms with E-state index >= 15 is 0 Å². The Morgan fingerprint density at radius 2 is 1.78 bits per heavy atom. The van der Waals surface area contributed by atoms with E-state index in [1.54, 1.807) is 42.3 Å². The smallest absolute Gasteiger partial charge is 0.254 e. The number of benzene rings is 2. The van der Waals surface area contributed by atoms with Gasteiger partial charge in [0.25, 0.3) is 5.91 Å². The molecular formula is C16H17BrN2O3S. The third-order valence-electron chi connectivity index (χ3n) is 3.66. The number of nitrogens with two attached hydrogens (primary N) is 1. The van der Waals surface area contributed by atoms with Gasteiger partial charge in [0.15, 0.2) is 0 Å². The molecule has 0 heterocycles. The molecule has 0 aliphatic rings. The molecule has 2 N–H and O–H groups in total. The molecule has 2 rings (SSSR count). The Morgan fingerprint density at radius 3 is 2.30 bits per heavy atom. The van der Waals surface area contributed by atoms with Crippen LogP contribution in [0.2, 0.25) is 0 Å². The summed E-state index contributed by atoms with van der Waals surface area (Å²) in [7, 11) is -2.01. The van der Waals surface area contributed by atoms with Gasteiger partial charge in [-0.25, -0.2) is 13.6 Å². The van der Waals surface area contributed by atoms with E-state index in [-0.39, 0.29) is 16.8 Å². The Balaban J connectivity index is 2.22. The van der Waals surface area contributed by atoms with E-state index in [1.807, 2.05) is 13.0 Å². The second-order valence-corrected chi connectivity index (χ2v) is 7.69. The van der Waals surface area contributed by atoms with Crippen molar-refractivity contribution in [3.05, 3.63) is 64.1 Å². The van der Waals surface area contributed by atoms with Gasteiger partial charge in [0.05, 0.1) is 10.9 Å². The molecule has 0 unspecified atom stereocenters. The predicted octanol–water partition coefficient (Wildman–Crippen LogP) is 2.93.